The Morgan fingerprint density at radius 3 is 2.67 bits per heavy atom. The van der Waals surface area contributed by atoms with E-state index >= 15 is 0 Å². The van der Waals surface area contributed by atoms with E-state index in [1.807, 2.05) is 0 Å². The van der Waals surface area contributed by atoms with Crippen LogP contribution in [-0.4, -0.2) is 45.2 Å². The first kappa shape index (κ1) is 14.6. The van der Waals surface area contributed by atoms with Crippen molar-refractivity contribution >= 4 is 11.9 Å². The molecule has 0 aliphatic carbocycles. The lowest BCUT2D eigenvalue weighted by Crippen LogP contribution is -2.26. The van der Waals surface area contributed by atoms with Crippen molar-refractivity contribution in [2.75, 3.05) is 13.2 Å². The van der Waals surface area contributed by atoms with Gasteiger partial charge in [-0.15, -0.1) is 5.10 Å². The van der Waals surface area contributed by atoms with Crippen LogP contribution in [0.1, 0.15) is 23.7 Å². The summed E-state index contributed by atoms with van der Waals surface area (Å²) >= 11 is 0. The van der Waals surface area contributed by atoms with Crippen molar-refractivity contribution in [1.29, 1.82) is 0 Å². The van der Waals surface area contributed by atoms with Crippen molar-refractivity contribution in [3.8, 4) is 5.69 Å². The van der Waals surface area contributed by atoms with Gasteiger partial charge in [0.05, 0.1) is 18.7 Å². The molecule has 110 valence electrons. The number of tetrazole rings is 1. The van der Waals surface area contributed by atoms with Crippen LogP contribution in [0.5, 0.6) is 0 Å². The fourth-order valence-electron chi connectivity index (χ4n) is 1.66. The lowest BCUT2D eigenvalue weighted by atomic mass is 10.2. The third-order valence-electron chi connectivity index (χ3n) is 2.66. The maximum absolute atomic E-state index is 11.9. The molecule has 0 fully saturated rings. The number of hydrogen-bond acceptors (Lipinski definition) is 6. The molecule has 0 aliphatic heterocycles. The van der Waals surface area contributed by atoms with Crippen molar-refractivity contribution in [1.82, 2.24) is 25.5 Å². The standard InChI is InChI=1S/C13H15N5O3/c1-2-21-12(19)7-8-14-13(20)10-3-5-11(6-4-10)18-9-15-16-17-18/h3-6,9H,2,7-8H2,1H3,(H,14,20). The molecule has 0 unspecified atom stereocenters. The number of nitrogens with one attached hydrogen (secondary N) is 1. The van der Waals surface area contributed by atoms with E-state index < -0.39 is 0 Å². The SMILES string of the molecule is CCOC(=O)CCNC(=O)c1ccc(-n2cnnn2)cc1. The molecule has 0 bridgehead atoms. The van der Waals surface area contributed by atoms with Gasteiger partial charge >= 0.3 is 5.97 Å². The number of esters is 1. The lowest BCUT2D eigenvalue weighted by Gasteiger charge is -2.06. The third kappa shape index (κ3) is 4.10. The van der Waals surface area contributed by atoms with Crippen molar-refractivity contribution in [3.05, 3.63) is 36.2 Å². The molecule has 8 heteroatoms. The number of amides is 1. The van der Waals surface area contributed by atoms with Crippen LogP contribution in [0.4, 0.5) is 0 Å². The summed E-state index contributed by atoms with van der Waals surface area (Å²) in [6, 6.07) is 6.79. The predicted molar refractivity (Wildman–Crippen MR) is 72.7 cm³/mol. The van der Waals surface area contributed by atoms with Crippen LogP contribution in [0.25, 0.3) is 5.69 Å². The molecular formula is C13H15N5O3. The van der Waals surface area contributed by atoms with Crippen molar-refractivity contribution in [2.24, 2.45) is 0 Å². The summed E-state index contributed by atoms with van der Waals surface area (Å²) in [6.45, 7) is 2.32. The second-order valence-electron chi connectivity index (χ2n) is 4.11. The molecule has 8 nitrogen and oxygen atoms in total. The van der Waals surface area contributed by atoms with E-state index in [0.29, 0.717) is 12.2 Å². The number of carbonyl (C=O) groups excluding carboxylic acids is 2. The highest BCUT2D eigenvalue weighted by atomic mass is 16.5. The van der Waals surface area contributed by atoms with Crippen LogP contribution >= 0.6 is 0 Å². The summed E-state index contributed by atoms with van der Waals surface area (Å²) in [4.78, 5) is 23.0. The highest BCUT2D eigenvalue weighted by Crippen LogP contribution is 2.07. The summed E-state index contributed by atoms with van der Waals surface area (Å²) in [6.07, 6.45) is 1.62. The lowest BCUT2D eigenvalue weighted by molar-refractivity contribution is -0.142. The topological polar surface area (TPSA) is 99.0 Å². The Morgan fingerprint density at radius 1 is 1.29 bits per heavy atom. The molecule has 1 heterocycles. The molecule has 1 aromatic heterocycles. The number of nitrogens with zero attached hydrogens (tertiary/aromatic N) is 4. The zero-order chi connectivity index (χ0) is 15.1. The molecule has 2 rings (SSSR count). The second-order valence-corrected chi connectivity index (χ2v) is 4.11. The molecule has 0 spiro atoms. The van der Waals surface area contributed by atoms with E-state index in [2.05, 4.69) is 20.8 Å². The van der Waals surface area contributed by atoms with Crippen LogP contribution in [0.15, 0.2) is 30.6 Å². The predicted octanol–water partition coefficient (Wildman–Crippen LogP) is 0.345. The monoisotopic (exact) mass is 289 g/mol. The van der Waals surface area contributed by atoms with Gasteiger partial charge in [0.15, 0.2) is 0 Å². The van der Waals surface area contributed by atoms with E-state index in [9.17, 15) is 9.59 Å². The fourth-order valence-corrected chi connectivity index (χ4v) is 1.66. The Kier molecular flexibility index (Phi) is 4.97. The van der Waals surface area contributed by atoms with Gasteiger partial charge in [-0.05, 0) is 41.6 Å². The van der Waals surface area contributed by atoms with Gasteiger partial charge in [0, 0.05) is 12.1 Å². The molecule has 2 aromatic rings. The van der Waals surface area contributed by atoms with Crippen LogP contribution in [0.2, 0.25) is 0 Å². The molecule has 0 atom stereocenters. The average molecular weight is 289 g/mol. The summed E-state index contributed by atoms with van der Waals surface area (Å²) in [7, 11) is 0. The van der Waals surface area contributed by atoms with Crippen LogP contribution in [-0.2, 0) is 9.53 Å². The van der Waals surface area contributed by atoms with Gasteiger partial charge in [0.2, 0.25) is 0 Å². The van der Waals surface area contributed by atoms with Crippen molar-refractivity contribution in [3.63, 3.8) is 0 Å². The zero-order valence-electron chi connectivity index (χ0n) is 11.5. The van der Waals surface area contributed by atoms with E-state index in [1.165, 1.54) is 11.0 Å². The first-order valence-corrected chi connectivity index (χ1v) is 6.48. The molecule has 0 saturated heterocycles. The quantitative estimate of drug-likeness (QED) is 0.770. The Hall–Kier alpha value is -2.77. The summed E-state index contributed by atoms with van der Waals surface area (Å²) in [5.41, 5.74) is 1.25. The van der Waals surface area contributed by atoms with Gasteiger partial charge in [0.1, 0.15) is 6.33 Å². The van der Waals surface area contributed by atoms with Crippen molar-refractivity contribution in [2.45, 2.75) is 13.3 Å². The highest BCUT2D eigenvalue weighted by molar-refractivity contribution is 5.94. The van der Waals surface area contributed by atoms with E-state index in [1.54, 1.807) is 31.2 Å². The summed E-state index contributed by atoms with van der Waals surface area (Å²) in [5.74, 6) is -0.575. The Bertz CT molecular complexity index is 595. The molecule has 21 heavy (non-hydrogen) atoms. The third-order valence-corrected chi connectivity index (χ3v) is 2.66. The Labute approximate surface area is 121 Å². The van der Waals surface area contributed by atoms with E-state index in [4.69, 9.17) is 4.74 Å². The maximum Gasteiger partial charge on any atom is 0.307 e. The normalized spacial score (nSPS) is 10.1. The van der Waals surface area contributed by atoms with Gasteiger partial charge in [-0.2, -0.15) is 0 Å². The molecule has 1 amide bonds. The fraction of sp³-hybridized carbons (Fsp3) is 0.308. The van der Waals surface area contributed by atoms with E-state index in [0.717, 1.165) is 5.69 Å². The highest BCUT2D eigenvalue weighted by Gasteiger charge is 2.07. The van der Waals surface area contributed by atoms with Crippen LogP contribution in [0, 0.1) is 0 Å². The Morgan fingerprint density at radius 2 is 2.05 bits per heavy atom. The van der Waals surface area contributed by atoms with Crippen LogP contribution in [0.3, 0.4) is 0 Å². The van der Waals surface area contributed by atoms with E-state index in [-0.39, 0.29) is 24.8 Å². The first-order chi connectivity index (χ1) is 10.2. The maximum atomic E-state index is 11.9. The zero-order valence-corrected chi connectivity index (χ0v) is 11.5. The van der Waals surface area contributed by atoms with Gasteiger partial charge in [0.25, 0.3) is 5.91 Å². The first-order valence-electron chi connectivity index (χ1n) is 6.48. The number of benzene rings is 1. The number of ether oxygens (including phenoxy) is 1. The molecule has 1 aromatic carbocycles. The largest absolute Gasteiger partial charge is 0.466 e. The minimum Gasteiger partial charge on any atom is -0.466 e. The van der Waals surface area contributed by atoms with Gasteiger partial charge in [-0.1, -0.05) is 0 Å². The molecular weight excluding hydrogens is 274 g/mol. The van der Waals surface area contributed by atoms with Crippen LogP contribution < -0.4 is 5.32 Å². The molecule has 0 aliphatic rings. The average Bonchev–Trinajstić information content (AvgIpc) is 3.02. The minimum absolute atomic E-state index is 0.155. The number of hydrogen-bond donors (Lipinski definition) is 1. The van der Waals surface area contributed by atoms with Gasteiger partial charge in [-0.25, -0.2) is 4.68 Å². The van der Waals surface area contributed by atoms with Crippen molar-refractivity contribution < 1.29 is 14.3 Å². The molecule has 0 radical (unpaired) electrons. The number of rotatable bonds is 6. The minimum atomic E-state index is -0.327. The van der Waals surface area contributed by atoms with Gasteiger partial charge < -0.3 is 10.1 Å². The smallest absolute Gasteiger partial charge is 0.307 e. The second kappa shape index (κ2) is 7.13. The summed E-state index contributed by atoms with van der Waals surface area (Å²) in [5, 5.41) is 13.5. The Balaban J connectivity index is 1.87. The molecule has 1 N–H and O–H groups in total. The van der Waals surface area contributed by atoms with Gasteiger partial charge in [-0.3, -0.25) is 9.59 Å². The summed E-state index contributed by atoms with van der Waals surface area (Å²) < 4.78 is 6.26. The number of aromatic nitrogens is 4. The number of carbonyl (C=O) groups is 2. The molecule has 0 saturated carbocycles.